The van der Waals surface area contributed by atoms with E-state index in [9.17, 15) is 9.59 Å². The van der Waals surface area contributed by atoms with E-state index in [0.29, 0.717) is 5.56 Å². The van der Waals surface area contributed by atoms with E-state index in [0.717, 1.165) is 5.56 Å². The molecule has 18 heavy (non-hydrogen) atoms. The normalized spacial score (nSPS) is 10.7. The Hall–Kier alpha value is -2.49. The maximum absolute atomic E-state index is 11.8. The molecule has 1 aromatic heterocycles. The number of nitrogens with zero attached hydrogens (tertiary/aromatic N) is 2. The van der Waals surface area contributed by atoms with Crippen molar-refractivity contribution in [2.45, 2.75) is 0 Å². The van der Waals surface area contributed by atoms with E-state index >= 15 is 0 Å². The Balaban J connectivity index is 2.20. The topological polar surface area (TPSA) is 52.0 Å². The van der Waals surface area contributed by atoms with Gasteiger partial charge in [0, 0.05) is 18.7 Å². The van der Waals surface area contributed by atoms with Crippen LogP contribution < -0.4 is 5.56 Å². The Bertz CT molecular complexity index is 642. The minimum atomic E-state index is -0.297. The third kappa shape index (κ3) is 2.79. The summed E-state index contributed by atoms with van der Waals surface area (Å²) in [7, 11) is 1.54. The Morgan fingerprint density at radius 3 is 2.67 bits per heavy atom. The van der Waals surface area contributed by atoms with Crippen LogP contribution in [0.25, 0.3) is 6.08 Å². The summed E-state index contributed by atoms with van der Waals surface area (Å²) >= 11 is 0. The van der Waals surface area contributed by atoms with E-state index < -0.39 is 0 Å². The van der Waals surface area contributed by atoms with Crippen molar-refractivity contribution in [1.29, 1.82) is 0 Å². The molecule has 2 aromatic rings. The lowest BCUT2D eigenvalue weighted by Gasteiger charge is -1.97. The van der Waals surface area contributed by atoms with Crippen LogP contribution in [0.2, 0.25) is 0 Å². The predicted molar refractivity (Wildman–Crippen MR) is 69.3 cm³/mol. The van der Waals surface area contributed by atoms with Crippen LogP contribution in [-0.4, -0.2) is 15.6 Å². The number of ketones is 1. The van der Waals surface area contributed by atoms with Crippen LogP contribution in [0.5, 0.6) is 0 Å². The molecule has 0 spiro atoms. The highest BCUT2D eigenvalue weighted by molar-refractivity contribution is 6.06. The van der Waals surface area contributed by atoms with Gasteiger partial charge in [0.05, 0.1) is 6.20 Å². The van der Waals surface area contributed by atoms with Crippen LogP contribution in [-0.2, 0) is 7.05 Å². The zero-order chi connectivity index (χ0) is 13.0. The molecule has 1 heterocycles. The zero-order valence-corrected chi connectivity index (χ0v) is 9.91. The quantitative estimate of drug-likeness (QED) is 0.605. The number of hydrogen-bond acceptors (Lipinski definition) is 3. The van der Waals surface area contributed by atoms with Gasteiger partial charge in [0.25, 0.3) is 5.56 Å². The molecule has 0 aliphatic carbocycles. The van der Waals surface area contributed by atoms with Gasteiger partial charge in [0.15, 0.2) is 5.78 Å². The van der Waals surface area contributed by atoms with Crippen LogP contribution in [0.4, 0.5) is 0 Å². The van der Waals surface area contributed by atoms with Gasteiger partial charge < -0.3 is 0 Å². The molecule has 1 aromatic carbocycles. The van der Waals surface area contributed by atoms with E-state index in [1.165, 1.54) is 30.1 Å². The van der Waals surface area contributed by atoms with Crippen molar-refractivity contribution in [1.82, 2.24) is 9.78 Å². The van der Waals surface area contributed by atoms with Gasteiger partial charge in [-0.2, -0.15) is 5.10 Å². The van der Waals surface area contributed by atoms with E-state index in [2.05, 4.69) is 5.10 Å². The minimum absolute atomic E-state index is 0.232. The van der Waals surface area contributed by atoms with E-state index in [1.54, 1.807) is 6.08 Å². The number of aryl methyl sites for hydroxylation is 1. The molecule has 90 valence electrons. The first-order chi connectivity index (χ1) is 8.66. The van der Waals surface area contributed by atoms with Crippen molar-refractivity contribution in [3.8, 4) is 0 Å². The summed E-state index contributed by atoms with van der Waals surface area (Å²) in [6, 6.07) is 10.8. The van der Waals surface area contributed by atoms with E-state index in [1.807, 2.05) is 30.3 Å². The molecule has 0 unspecified atom stereocenters. The molecule has 0 amide bonds. The first kappa shape index (κ1) is 12.0. The number of aromatic nitrogens is 2. The molecule has 0 N–H and O–H groups in total. The van der Waals surface area contributed by atoms with Gasteiger partial charge in [-0.15, -0.1) is 0 Å². The Morgan fingerprint density at radius 1 is 1.28 bits per heavy atom. The average Bonchev–Trinajstić information content (AvgIpc) is 2.40. The second kappa shape index (κ2) is 5.23. The summed E-state index contributed by atoms with van der Waals surface area (Å²) in [5, 5.41) is 3.80. The van der Waals surface area contributed by atoms with Gasteiger partial charge in [0.2, 0.25) is 0 Å². The first-order valence-electron chi connectivity index (χ1n) is 5.47. The van der Waals surface area contributed by atoms with Crippen LogP contribution in [0, 0.1) is 0 Å². The number of hydrogen-bond donors (Lipinski definition) is 0. The molecule has 0 bridgehead atoms. The largest absolute Gasteiger partial charge is 0.289 e. The lowest BCUT2D eigenvalue weighted by Crippen LogP contribution is -2.19. The van der Waals surface area contributed by atoms with Crippen molar-refractivity contribution >= 4 is 11.9 Å². The molecule has 0 saturated heterocycles. The molecular weight excluding hydrogens is 228 g/mol. The van der Waals surface area contributed by atoms with Crippen molar-refractivity contribution in [3.05, 3.63) is 70.2 Å². The Morgan fingerprint density at radius 2 is 2.00 bits per heavy atom. The molecule has 0 saturated carbocycles. The van der Waals surface area contributed by atoms with Crippen molar-refractivity contribution in [2.75, 3.05) is 0 Å². The molecule has 4 heteroatoms. The Labute approximate surface area is 104 Å². The van der Waals surface area contributed by atoms with Crippen LogP contribution in [0.1, 0.15) is 15.9 Å². The highest BCUT2D eigenvalue weighted by Gasteiger charge is 2.03. The van der Waals surface area contributed by atoms with Gasteiger partial charge in [0.1, 0.15) is 0 Å². The highest BCUT2D eigenvalue weighted by Crippen LogP contribution is 2.03. The number of benzene rings is 1. The minimum Gasteiger partial charge on any atom is -0.289 e. The summed E-state index contributed by atoms with van der Waals surface area (Å²) in [6.45, 7) is 0. The fraction of sp³-hybridized carbons (Fsp3) is 0.0714. The third-order valence-electron chi connectivity index (χ3n) is 2.48. The molecule has 2 rings (SSSR count). The lowest BCUT2D eigenvalue weighted by atomic mass is 10.1. The highest BCUT2D eigenvalue weighted by atomic mass is 16.1. The molecule has 4 nitrogen and oxygen atoms in total. The number of rotatable bonds is 3. The smallest absolute Gasteiger partial charge is 0.267 e. The second-order valence-corrected chi connectivity index (χ2v) is 3.81. The molecule has 0 aliphatic heterocycles. The van der Waals surface area contributed by atoms with Gasteiger partial charge in [-0.25, -0.2) is 4.68 Å². The van der Waals surface area contributed by atoms with Gasteiger partial charge >= 0.3 is 0 Å². The SMILES string of the molecule is Cn1ncc(C(=O)/C=C/c2ccccc2)cc1=O. The maximum Gasteiger partial charge on any atom is 0.267 e. The average molecular weight is 240 g/mol. The summed E-state index contributed by atoms with van der Waals surface area (Å²) in [4.78, 5) is 23.1. The first-order valence-corrected chi connectivity index (χ1v) is 5.47. The zero-order valence-electron chi connectivity index (χ0n) is 9.91. The lowest BCUT2D eigenvalue weighted by molar-refractivity contribution is 0.104. The number of allylic oxidation sites excluding steroid dienone is 1. The van der Waals surface area contributed by atoms with Crippen molar-refractivity contribution < 1.29 is 4.79 Å². The van der Waals surface area contributed by atoms with Crippen LogP contribution in [0.15, 0.2) is 53.5 Å². The second-order valence-electron chi connectivity index (χ2n) is 3.81. The van der Waals surface area contributed by atoms with Gasteiger partial charge in [-0.1, -0.05) is 36.4 Å². The summed E-state index contributed by atoms with van der Waals surface area (Å²) in [5.41, 5.74) is 0.932. The summed E-state index contributed by atoms with van der Waals surface area (Å²) < 4.78 is 1.18. The predicted octanol–water partition coefficient (Wildman–Crippen LogP) is 1.68. The summed E-state index contributed by atoms with van der Waals surface area (Å²) in [5.74, 6) is -0.232. The third-order valence-corrected chi connectivity index (χ3v) is 2.48. The molecule has 0 fully saturated rings. The van der Waals surface area contributed by atoms with Crippen molar-refractivity contribution in [3.63, 3.8) is 0 Å². The number of carbonyl (C=O) groups excluding carboxylic acids is 1. The van der Waals surface area contributed by atoms with Crippen LogP contribution in [0.3, 0.4) is 0 Å². The molecule has 0 radical (unpaired) electrons. The maximum atomic E-state index is 11.8. The Kier molecular flexibility index (Phi) is 3.48. The summed E-state index contributed by atoms with van der Waals surface area (Å²) in [6.07, 6.45) is 4.53. The van der Waals surface area contributed by atoms with Gasteiger partial charge in [-0.05, 0) is 11.6 Å². The standard InChI is InChI=1S/C14H12N2O2/c1-16-14(18)9-12(10-15-16)13(17)8-7-11-5-3-2-4-6-11/h2-10H,1H3/b8-7+. The fourth-order valence-corrected chi connectivity index (χ4v) is 1.44. The van der Waals surface area contributed by atoms with Crippen LogP contribution >= 0.6 is 0 Å². The molecule has 0 aliphatic rings. The monoisotopic (exact) mass is 240 g/mol. The van der Waals surface area contributed by atoms with Gasteiger partial charge in [-0.3, -0.25) is 9.59 Å². The fourth-order valence-electron chi connectivity index (χ4n) is 1.44. The van der Waals surface area contributed by atoms with E-state index in [-0.39, 0.29) is 11.3 Å². The van der Waals surface area contributed by atoms with E-state index in [4.69, 9.17) is 0 Å². The molecule has 0 atom stereocenters. The number of carbonyl (C=O) groups is 1. The molecular formula is C14H12N2O2. The van der Waals surface area contributed by atoms with Crippen molar-refractivity contribution in [2.24, 2.45) is 7.05 Å².